The fourth-order valence-corrected chi connectivity index (χ4v) is 6.33. The third-order valence-corrected chi connectivity index (χ3v) is 8.62. The third-order valence-electron chi connectivity index (χ3n) is 8.62. The maximum Gasteiger partial charge on any atom is 0.268 e. The SMILES string of the molecule is [2H]C([2H])(c1ccnc(-n2c3[c-]c(Oc4[c-]c(-n5[c-][n+](-c6cccc(C(C)(C)C)c6)c6ccccc65)cnc4)ccc3c3ccccc32)c1)C(C)C.[Pt]. The molecule has 0 atom stereocenters. The number of imidazole rings is 1. The van der Waals surface area contributed by atoms with Crippen molar-refractivity contribution >= 4 is 32.8 Å². The van der Waals surface area contributed by atoms with Gasteiger partial charge in [-0.25, -0.2) is 4.98 Å². The summed E-state index contributed by atoms with van der Waals surface area (Å²) in [6.45, 7) is 10.4. The first-order valence-corrected chi connectivity index (χ1v) is 16.5. The van der Waals surface area contributed by atoms with E-state index in [0.29, 0.717) is 28.6 Å². The second-order valence-corrected chi connectivity index (χ2v) is 13.6. The molecule has 7 heteroatoms. The van der Waals surface area contributed by atoms with Crippen LogP contribution in [0.4, 0.5) is 0 Å². The number of aromatic nitrogens is 5. The first kappa shape index (κ1) is 31.0. The van der Waals surface area contributed by atoms with Crippen LogP contribution >= 0.6 is 0 Å². The molecule has 0 aliphatic carbocycles. The molecule has 0 bridgehead atoms. The number of pyridine rings is 2. The molecule has 0 fully saturated rings. The van der Waals surface area contributed by atoms with Crippen LogP contribution in [0.1, 0.15) is 48.5 Å². The van der Waals surface area contributed by atoms with Crippen molar-refractivity contribution in [1.82, 2.24) is 19.1 Å². The summed E-state index contributed by atoms with van der Waals surface area (Å²) in [4.78, 5) is 9.22. The number of hydrogen-bond donors (Lipinski definition) is 0. The van der Waals surface area contributed by atoms with Gasteiger partial charge in [0.2, 0.25) is 0 Å². The number of para-hydroxylation sites is 3. The van der Waals surface area contributed by atoms with Crippen molar-refractivity contribution < 1.29 is 33.1 Å². The van der Waals surface area contributed by atoms with Gasteiger partial charge in [-0.05, 0) is 76.4 Å². The molecule has 0 N–H and O–H groups in total. The van der Waals surface area contributed by atoms with E-state index in [0.717, 1.165) is 38.5 Å². The summed E-state index contributed by atoms with van der Waals surface area (Å²) in [7, 11) is 0. The Labute approximate surface area is 310 Å². The Morgan fingerprint density at radius 3 is 2.46 bits per heavy atom. The minimum atomic E-state index is -1.51. The summed E-state index contributed by atoms with van der Waals surface area (Å²) in [5.74, 6) is 1.34. The first-order chi connectivity index (χ1) is 24.5. The molecule has 50 heavy (non-hydrogen) atoms. The van der Waals surface area contributed by atoms with Crippen LogP contribution in [-0.4, -0.2) is 19.1 Å². The first-order valence-electron chi connectivity index (χ1n) is 17.5. The predicted octanol–water partition coefficient (Wildman–Crippen LogP) is 9.48. The van der Waals surface area contributed by atoms with E-state index in [-0.39, 0.29) is 32.4 Å². The van der Waals surface area contributed by atoms with Crippen molar-refractivity contribution in [3.8, 4) is 28.7 Å². The Morgan fingerprint density at radius 2 is 1.64 bits per heavy atom. The number of hydrogen-bond acceptors (Lipinski definition) is 3. The molecule has 8 aromatic rings. The fraction of sp³-hybridized carbons (Fsp3) is 0.186. The van der Waals surface area contributed by atoms with Gasteiger partial charge in [0.25, 0.3) is 6.33 Å². The van der Waals surface area contributed by atoms with Crippen LogP contribution in [0.3, 0.4) is 0 Å². The van der Waals surface area contributed by atoms with Crippen LogP contribution in [-0.2, 0) is 32.9 Å². The quantitative estimate of drug-likeness (QED) is 0.119. The average molecular weight is 837 g/mol. The van der Waals surface area contributed by atoms with Gasteiger partial charge >= 0.3 is 0 Å². The summed E-state index contributed by atoms with van der Waals surface area (Å²) < 4.78 is 29.9. The molecule has 0 aliphatic heterocycles. The van der Waals surface area contributed by atoms with Crippen molar-refractivity contribution in [2.24, 2.45) is 5.92 Å². The molecule has 4 aromatic carbocycles. The molecule has 0 unspecified atom stereocenters. The van der Waals surface area contributed by atoms with Crippen LogP contribution < -0.4 is 9.30 Å². The van der Waals surface area contributed by atoms with Gasteiger partial charge in [0.15, 0.2) is 0 Å². The smallest absolute Gasteiger partial charge is 0.268 e. The van der Waals surface area contributed by atoms with E-state index in [4.69, 9.17) is 12.5 Å². The summed E-state index contributed by atoms with van der Waals surface area (Å²) in [6, 6.07) is 39.3. The molecule has 0 saturated heterocycles. The van der Waals surface area contributed by atoms with Gasteiger partial charge in [0.1, 0.15) is 5.82 Å². The number of nitrogens with zero attached hydrogens (tertiary/aromatic N) is 5. The molecule has 0 radical (unpaired) electrons. The van der Waals surface area contributed by atoms with Gasteiger partial charge < -0.3 is 18.9 Å². The van der Waals surface area contributed by atoms with Crippen molar-refractivity contribution in [1.29, 1.82) is 0 Å². The zero-order valence-electron chi connectivity index (χ0n) is 30.5. The zero-order chi connectivity index (χ0) is 35.5. The van der Waals surface area contributed by atoms with E-state index >= 15 is 0 Å². The monoisotopic (exact) mass is 836 g/mol. The Balaban J connectivity index is 0.00000420. The average Bonchev–Trinajstić information content (AvgIpc) is 3.68. The topological polar surface area (TPSA) is 48.8 Å². The summed E-state index contributed by atoms with van der Waals surface area (Å²) >= 11 is 0. The van der Waals surface area contributed by atoms with E-state index in [1.165, 1.54) is 5.56 Å². The predicted molar refractivity (Wildman–Crippen MR) is 195 cm³/mol. The maximum atomic E-state index is 8.72. The molecule has 4 aromatic heterocycles. The largest absolute Gasteiger partial charge is 0.508 e. The Kier molecular flexibility index (Phi) is 8.26. The van der Waals surface area contributed by atoms with Crippen LogP contribution in [0.25, 0.3) is 50.0 Å². The fourth-order valence-electron chi connectivity index (χ4n) is 6.33. The van der Waals surface area contributed by atoms with E-state index in [1.54, 1.807) is 24.7 Å². The van der Waals surface area contributed by atoms with E-state index in [9.17, 15) is 0 Å². The van der Waals surface area contributed by atoms with Gasteiger partial charge in [-0.2, -0.15) is 6.07 Å². The van der Waals surface area contributed by atoms with Crippen LogP contribution in [0.2, 0.25) is 0 Å². The molecule has 4 heterocycles. The van der Waals surface area contributed by atoms with Crippen molar-refractivity contribution in [3.05, 3.63) is 145 Å². The molecular formula is C43H37N5OPt-2. The summed E-state index contributed by atoms with van der Waals surface area (Å²) in [5.41, 5.74) is 7.23. The molecule has 6 nitrogen and oxygen atoms in total. The normalized spacial score (nSPS) is 12.7. The van der Waals surface area contributed by atoms with Gasteiger partial charge in [-0.3, -0.25) is 4.57 Å². The molecule has 8 rings (SSSR count). The Morgan fingerprint density at radius 1 is 0.840 bits per heavy atom. The van der Waals surface area contributed by atoms with Crippen molar-refractivity contribution in [2.75, 3.05) is 0 Å². The third kappa shape index (κ3) is 6.25. The standard InChI is InChI=1S/C43H37N5O.Pt/c1-29(2)21-30-19-20-45-42(22-30)48-38-14-7-6-13-36(38)37-18-17-34(25-41(37)48)49-35-24-33(26-44-27-35)47-28-46(39-15-8-9-16-40(39)47)32-12-10-11-31(23-32)43(3,4)5;/h6-20,22-23,26-27,29H,21H2,1-5H3;/q-2;/i21D2;. The minimum Gasteiger partial charge on any atom is -0.508 e. The molecule has 0 aliphatic rings. The maximum absolute atomic E-state index is 8.72. The summed E-state index contributed by atoms with van der Waals surface area (Å²) in [5, 5.41) is 2.03. The van der Waals surface area contributed by atoms with Crippen LogP contribution in [0.15, 0.2) is 116 Å². The number of benzene rings is 4. The van der Waals surface area contributed by atoms with Crippen molar-refractivity contribution in [3.63, 3.8) is 0 Å². The number of fused-ring (bicyclic) bond motifs is 4. The second-order valence-electron chi connectivity index (χ2n) is 13.6. The van der Waals surface area contributed by atoms with E-state index in [1.807, 2.05) is 71.5 Å². The molecule has 0 amide bonds. The molecule has 252 valence electrons. The molecular weight excluding hydrogens is 798 g/mol. The zero-order valence-corrected chi connectivity index (χ0v) is 30.8. The Hall–Kier alpha value is -5.06. The van der Waals surface area contributed by atoms with E-state index < -0.39 is 6.37 Å². The molecule has 0 saturated carbocycles. The molecule has 0 spiro atoms. The Bertz CT molecular complexity index is 2580. The van der Waals surface area contributed by atoms with Crippen LogP contribution in [0, 0.1) is 24.4 Å². The minimum absolute atomic E-state index is 0. The van der Waals surface area contributed by atoms with Gasteiger partial charge in [-0.15, -0.1) is 23.6 Å². The van der Waals surface area contributed by atoms with Gasteiger partial charge in [0.05, 0.1) is 16.7 Å². The number of ether oxygens (including phenoxy) is 1. The number of rotatable bonds is 7. The van der Waals surface area contributed by atoms with Gasteiger partial charge in [-0.1, -0.05) is 101 Å². The van der Waals surface area contributed by atoms with Crippen LogP contribution in [0.5, 0.6) is 11.5 Å². The van der Waals surface area contributed by atoms with Gasteiger partial charge in [0, 0.05) is 47.0 Å². The summed E-state index contributed by atoms with van der Waals surface area (Å²) in [6.07, 6.45) is 7.10. The van der Waals surface area contributed by atoms with E-state index in [2.05, 4.69) is 91.2 Å². The second kappa shape index (κ2) is 13.3. The van der Waals surface area contributed by atoms with Crippen molar-refractivity contribution in [2.45, 2.75) is 46.4 Å².